The number of piperidine rings is 1. The van der Waals surface area contributed by atoms with Crippen molar-refractivity contribution in [1.29, 1.82) is 0 Å². The molecule has 22 heavy (non-hydrogen) atoms. The summed E-state index contributed by atoms with van der Waals surface area (Å²) >= 11 is 0. The van der Waals surface area contributed by atoms with Crippen molar-refractivity contribution in [2.75, 3.05) is 31.1 Å². The van der Waals surface area contributed by atoms with Gasteiger partial charge < -0.3 is 15.1 Å². The number of carbonyl (C=O) groups excluding carboxylic acids is 2. The molecule has 0 unspecified atom stereocenters. The van der Waals surface area contributed by atoms with Crippen molar-refractivity contribution < 1.29 is 14.0 Å². The first kappa shape index (κ1) is 14.8. The maximum Gasteiger partial charge on any atom is 0.317 e. The van der Waals surface area contributed by atoms with Crippen LogP contribution in [0.15, 0.2) is 18.2 Å². The second-order valence-electron chi connectivity index (χ2n) is 5.86. The number of carbonyl (C=O) groups is 2. The molecular weight excluding hydrogens is 285 g/mol. The third kappa shape index (κ3) is 2.65. The fourth-order valence-electron chi connectivity index (χ4n) is 3.39. The Hall–Kier alpha value is -2.11. The lowest BCUT2D eigenvalue weighted by Gasteiger charge is -2.38. The number of hydrogen-bond donors (Lipinski definition) is 1. The van der Waals surface area contributed by atoms with E-state index in [0.29, 0.717) is 25.3 Å². The van der Waals surface area contributed by atoms with Crippen LogP contribution in [0.4, 0.5) is 14.9 Å². The van der Waals surface area contributed by atoms with Gasteiger partial charge in [-0.15, -0.1) is 0 Å². The zero-order valence-electron chi connectivity index (χ0n) is 12.6. The summed E-state index contributed by atoms with van der Waals surface area (Å²) in [5.74, 6) is -0.750. The largest absolute Gasteiger partial charge is 0.369 e. The third-order valence-corrected chi connectivity index (χ3v) is 4.41. The van der Waals surface area contributed by atoms with Gasteiger partial charge in [0.25, 0.3) is 0 Å². The summed E-state index contributed by atoms with van der Waals surface area (Å²) in [6.45, 7) is 4.18. The summed E-state index contributed by atoms with van der Waals surface area (Å²) < 4.78 is 14.0. The topological polar surface area (TPSA) is 52.7 Å². The van der Waals surface area contributed by atoms with E-state index in [1.54, 1.807) is 12.1 Å². The number of rotatable bonds is 3. The molecule has 3 rings (SSSR count). The van der Waals surface area contributed by atoms with Crippen LogP contribution in [0.1, 0.15) is 30.1 Å². The highest BCUT2D eigenvalue weighted by molar-refractivity contribution is 6.00. The van der Waals surface area contributed by atoms with Gasteiger partial charge in [0.2, 0.25) is 0 Å². The van der Waals surface area contributed by atoms with Gasteiger partial charge in [0.1, 0.15) is 5.82 Å². The summed E-state index contributed by atoms with van der Waals surface area (Å²) in [6.07, 6.45) is 1.86. The molecule has 0 aliphatic carbocycles. The summed E-state index contributed by atoms with van der Waals surface area (Å²) in [5.41, 5.74) is 0.783. The number of nitrogens with zero attached hydrogens (tertiary/aromatic N) is 2. The zero-order chi connectivity index (χ0) is 15.7. The predicted molar refractivity (Wildman–Crippen MR) is 81.7 cm³/mol. The van der Waals surface area contributed by atoms with Crippen LogP contribution in [0, 0.1) is 5.82 Å². The van der Waals surface area contributed by atoms with Crippen LogP contribution in [0.3, 0.4) is 0 Å². The lowest BCUT2D eigenvalue weighted by Crippen LogP contribution is -2.49. The van der Waals surface area contributed by atoms with Gasteiger partial charge in [0.05, 0.1) is 17.3 Å². The fourth-order valence-corrected chi connectivity index (χ4v) is 3.39. The SMILES string of the molecule is CC(=O)c1c(F)cccc1N1CCC[C@H](N2CCNC2=O)C1. The maximum absolute atomic E-state index is 14.0. The molecule has 2 aliphatic heterocycles. The van der Waals surface area contributed by atoms with Gasteiger partial charge in [-0.1, -0.05) is 6.07 Å². The molecule has 2 fully saturated rings. The summed E-state index contributed by atoms with van der Waals surface area (Å²) in [6, 6.07) is 4.81. The molecule has 0 radical (unpaired) electrons. The minimum atomic E-state index is -0.481. The van der Waals surface area contributed by atoms with Crippen molar-refractivity contribution in [2.24, 2.45) is 0 Å². The fraction of sp³-hybridized carbons (Fsp3) is 0.500. The molecule has 2 aliphatic rings. The first-order chi connectivity index (χ1) is 10.6. The average molecular weight is 305 g/mol. The second-order valence-corrected chi connectivity index (χ2v) is 5.86. The molecule has 2 amide bonds. The molecule has 2 saturated heterocycles. The standard InChI is InChI=1S/C16H20FN3O2/c1-11(21)15-13(17)5-2-6-14(15)19-8-3-4-12(10-19)20-9-7-18-16(20)22/h2,5-6,12H,3-4,7-10H2,1H3,(H,18,22)/t12-/m0/s1. The molecule has 0 bridgehead atoms. The second kappa shape index (κ2) is 5.94. The lowest BCUT2D eigenvalue weighted by molar-refractivity contribution is 0.101. The van der Waals surface area contributed by atoms with E-state index < -0.39 is 5.82 Å². The van der Waals surface area contributed by atoms with Crippen molar-refractivity contribution >= 4 is 17.5 Å². The van der Waals surface area contributed by atoms with Crippen LogP contribution in [0.5, 0.6) is 0 Å². The quantitative estimate of drug-likeness (QED) is 0.869. The van der Waals surface area contributed by atoms with E-state index >= 15 is 0 Å². The molecule has 1 aromatic rings. The monoisotopic (exact) mass is 305 g/mol. The Labute approximate surface area is 129 Å². The summed E-state index contributed by atoms with van der Waals surface area (Å²) in [7, 11) is 0. The number of hydrogen-bond acceptors (Lipinski definition) is 3. The smallest absolute Gasteiger partial charge is 0.317 e. The van der Waals surface area contributed by atoms with Gasteiger partial charge in [0, 0.05) is 26.2 Å². The molecule has 1 atom stereocenters. The minimum absolute atomic E-state index is 0.0297. The third-order valence-electron chi connectivity index (χ3n) is 4.41. The average Bonchev–Trinajstić information content (AvgIpc) is 2.93. The number of anilines is 1. The molecule has 0 spiro atoms. The molecule has 1 N–H and O–H groups in total. The number of urea groups is 1. The van der Waals surface area contributed by atoms with Crippen LogP contribution in [-0.4, -0.2) is 48.9 Å². The Morgan fingerprint density at radius 3 is 2.86 bits per heavy atom. The normalized spacial score (nSPS) is 21.9. The highest BCUT2D eigenvalue weighted by Crippen LogP contribution is 2.28. The Kier molecular flexibility index (Phi) is 4.00. The van der Waals surface area contributed by atoms with Crippen LogP contribution >= 0.6 is 0 Å². The predicted octanol–water partition coefficient (Wildman–Crippen LogP) is 2.02. The molecule has 118 valence electrons. The van der Waals surface area contributed by atoms with Crippen LogP contribution in [-0.2, 0) is 0 Å². The Balaban J connectivity index is 1.85. The van der Waals surface area contributed by atoms with E-state index in [1.165, 1.54) is 13.0 Å². The van der Waals surface area contributed by atoms with Gasteiger partial charge in [-0.2, -0.15) is 0 Å². The summed E-state index contributed by atoms with van der Waals surface area (Å²) in [4.78, 5) is 27.5. The van der Waals surface area contributed by atoms with Crippen molar-refractivity contribution in [1.82, 2.24) is 10.2 Å². The van der Waals surface area contributed by atoms with E-state index in [0.717, 1.165) is 19.4 Å². The molecule has 2 heterocycles. The number of benzene rings is 1. The van der Waals surface area contributed by atoms with Crippen molar-refractivity contribution in [3.63, 3.8) is 0 Å². The van der Waals surface area contributed by atoms with Gasteiger partial charge in [-0.3, -0.25) is 4.79 Å². The number of ketones is 1. The van der Waals surface area contributed by atoms with Gasteiger partial charge in [-0.25, -0.2) is 9.18 Å². The first-order valence-electron chi connectivity index (χ1n) is 7.67. The van der Waals surface area contributed by atoms with Crippen molar-refractivity contribution in [3.05, 3.63) is 29.6 Å². The van der Waals surface area contributed by atoms with Crippen LogP contribution in [0.2, 0.25) is 0 Å². The van der Waals surface area contributed by atoms with Crippen LogP contribution < -0.4 is 10.2 Å². The minimum Gasteiger partial charge on any atom is -0.369 e. The number of nitrogens with one attached hydrogen (secondary N) is 1. The van der Waals surface area contributed by atoms with Crippen molar-refractivity contribution in [3.8, 4) is 0 Å². The molecular formula is C16H20FN3O2. The molecule has 0 aromatic heterocycles. The maximum atomic E-state index is 14.0. The summed E-state index contributed by atoms with van der Waals surface area (Å²) in [5, 5.41) is 2.81. The Morgan fingerprint density at radius 1 is 1.36 bits per heavy atom. The van der Waals surface area contributed by atoms with E-state index in [2.05, 4.69) is 5.32 Å². The van der Waals surface area contributed by atoms with Gasteiger partial charge in [0.15, 0.2) is 5.78 Å². The zero-order valence-corrected chi connectivity index (χ0v) is 12.6. The number of halogens is 1. The van der Waals surface area contributed by atoms with E-state index in [1.807, 2.05) is 9.80 Å². The Morgan fingerprint density at radius 2 is 2.18 bits per heavy atom. The highest BCUT2D eigenvalue weighted by atomic mass is 19.1. The van der Waals surface area contributed by atoms with E-state index in [9.17, 15) is 14.0 Å². The first-order valence-corrected chi connectivity index (χ1v) is 7.67. The van der Waals surface area contributed by atoms with Crippen molar-refractivity contribution in [2.45, 2.75) is 25.8 Å². The molecule has 6 heteroatoms. The van der Waals surface area contributed by atoms with Gasteiger partial charge in [-0.05, 0) is 31.9 Å². The molecule has 5 nitrogen and oxygen atoms in total. The number of amides is 2. The van der Waals surface area contributed by atoms with Crippen LogP contribution in [0.25, 0.3) is 0 Å². The van der Waals surface area contributed by atoms with E-state index in [4.69, 9.17) is 0 Å². The Bertz CT molecular complexity index is 605. The highest BCUT2D eigenvalue weighted by Gasteiger charge is 2.32. The van der Waals surface area contributed by atoms with E-state index in [-0.39, 0.29) is 23.4 Å². The molecule has 0 saturated carbocycles. The number of Topliss-reactive ketones (excluding diaryl/α,β-unsaturated/α-hetero) is 1. The van der Waals surface area contributed by atoms with Gasteiger partial charge >= 0.3 is 6.03 Å². The molecule has 1 aromatic carbocycles. The lowest BCUT2D eigenvalue weighted by atomic mass is 10.0.